The minimum absolute atomic E-state index is 0.0939. The van der Waals surface area contributed by atoms with Crippen LogP contribution in [0.4, 0.5) is 0 Å². The van der Waals surface area contributed by atoms with Crippen molar-refractivity contribution in [1.82, 2.24) is 10.2 Å². The third-order valence-electron chi connectivity index (χ3n) is 4.46. The summed E-state index contributed by atoms with van der Waals surface area (Å²) in [6.07, 6.45) is 6.40. The Morgan fingerprint density at radius 2 is 2.16 bits per heavy atom. The molecular formula is C15H30N2O2. The third kappa shape index (κ3) is 4.15. The summed E-state index contributed by atoms with van der Waals surface area (Å²) >= 11 is 0. The van der Waals surface area contributed by atoms with Crippen LogP contribution >= 0.6 is 0 Å². The molecule has 0 amide bonds. The van der Waals surface area contributed by atoms with E-state index in [0.717, 1.165) is 32.7 Å². The Bertz CT molecular complexity index is 265. The van der Waals surface area contributed by atoms with Crippen LogP contribution in [0, 0.1) is 5.92 Å². The molecule has 2 unspecified atom stereocenters. The zero-order chi connectivity index (χ0) is 13.7. The molecule has 112 valence electrons. The van der Waals surface area contributed by atoms with E-state index in [2.05, 4.69) is 24.2 Å². The van der Waals surface area contributed by atoms with Gasteiger partial charge in [-0.3, -0.25) is 0 Å². The van der Waals surface area contributed by atoms with Crippen LogP contribution < -0.4 is 5.32 Å². The Labute approximate surface area is 117 Å². The highest BCUT2D eigenvalue weighted by Crippen LogP contribution is 2.40. The van der Waals surface area contributed by atoms with Crippen LogP contribution in [0.15, 0.2) is 0 Å². The van der Waals surface area contributed by atoms with E-state index in [-0.39, 0.29) is 12.1 Å². The fourth-order valence-electron chi connectivity index (χ4n) is 3.26. The smallest absolute Gasteiger partial charge is 0.0702 e. The van der Waals surface area contributed by atoms with Gasteiger partial charge in [-0.15, -0.1) is 0 Å². The highest BCUT2D eigenvalue weighted by molar-refractivity contribution is 5.02. The highest BCUT2D eigenvalue weighted by Gasteiger charge is 2.45. The molecule has 0 aromatic carbocycles. The maximum atomic E-state index is 9.90. The quantitative estimate of drug-likeness (QED) is 0.662. The predicted octanol–water partition coefficient (Wildman–Crippen LogP) is 1.24. The third-order valence-corrected chi connectivity index (χ3v) is 4.46. The van der Waals surface area contributed by atoms with E-state index in [1.54, 1.807) is 0 Å². The molecule has 1 aliphatic carbocycles. The van der Waals surface area contributed by atoms with Crippen molar-refractivity contribution < 1.29 is 9.84 Å². The Kier molecular flexibility index (Phi) is 5.63. The number of aliphatic hydroxyl groups excluding tert-OH is 1. The molecule has 4 heteroatoms. The number of likely N-dealkylation sites (N-methyl/N-ethyl adjacent to an activating group) is 1. The summed E-state index contributed by atoms with van der Waals surface area (Å²) < 4.78 is 5.70. The van der Waals surface area contributed by atoms with E-state index in [4.69, 9.17) is 4.74 Å². The van der Waals surface area contributed by atoms with Crippen molar-refractivity contribution in [3.05, 3.63) is 0 Å². The molecule has 2 aliphatic rings. The molecule has 19 heavy (non-hydrogen) atoms. The van der Waals surface area contributed by atoms with Crippen molar-refractivity contribution in [1.29, 1.82) is 0 Å². The van der Waals surface area contributed by atoms with Gasteiger partial charge in [-0.05, 0) is 51.6 Å². The van der Waals surface area contributed by atoms with Crippen molar-refractivity contribution >= 4 is 0 Å². The largest absolute Gasteiger partial charge is 0.394 e. The lowest BCUT2D eigenvalue weighted by Gasteiger charge is -2.37. The zero-order valence-electron chi connectivity index (χ0n) is 12.5. The highest BCUT2D eigenvalue weighted by atomic mass is 16.5. The van der Waals surface area contributed by atoms with Gasteiger partial charge in [0.25, 0.3) is 0 Å². The van der Waals surface area contributed by atoms with Gasteiger partial charge in [0, 0.05) is 19.7 Å². The number of aliphatic hydroxyl groups is 1. The maximum absolute atomic E-state index is 9.90. The molecule has 1 saturated heterocycles. The van der Waals surface area contributed by atoms with Crippen LogP contribution in [0.2, 0.25) is 0 Å². The maximum Gasteiger partial charge on any atom is 0.0702 e. The molecule has 0 radical (unpaired) electrons. The molecule has 2 fully saturated rings. The second kappa shape index (κ2) is 7.02. The van der Waals surface area contributed by atoms with Gasteiger partial charge < -0.3 is 20.1 Å². The Hall–Kier alpha value is -0.160. The Morgan fingerprint density at radius 3 is 2.68 bits per heavy atom. The van der Waals surface area contributed by atoms with Crippen LogP contribution in [-0.2, 0) is 4.74 Å². The summed E-state index contributed by atoms with van der Waals surface area (Å²) in [5.41, 5.74) is -0.0939. The molecule has 0 aromatic heterocycles. The first-order chi connectivity index (χ1) is 9.20. The molecule has 0 bridgehead atoms. The molecule has 1 aliphatic heterocycles. The number of hydrogen-bond acceptors (Lipinski definition) is 4. The first kappa shape index (κ1) is 15.2. The van der Waals surface area contributed by atoms with Crippen molar-refractivity contribution in [2.24, 2.45) is 5.92 Å². The molecule has 2 rings (SSSR count). The molecule has 1 saturated carbocycles. The topological polar surface area (TPSA) is 44.7 Å². The van der Waals surface area contributed by atoms with Gasteiger partial charge in [0.2, 0.25) is 0 Å². The minimum Gasteiger partial charge on any atom is -0.394 e. The van der Waals surface area contributed by atoms with Crippen LogP contribution in [0.3, 0.4) is 0 Å². The number of nitrogens with zero attached hydrogens (tertiary/aromatic N) is 1. The molecule has 0 spiro atoms. The lowest BCUT2D eigenvalue weighted by Crippen LogP contribution is -2.58. The van der Waals surface area contributed by atoms with E-state index in [0.29, 0.717) is 12.0 Å². The van der Waals surface area contributed by atoms with Gasteiger partial charge >= 0.3 is 0 Å². The number of hydrogen-bond donors (Lipinski definition) is 2. The molecule has 0 aromatic rings. The molecule has 2 atom stereocenters. The van der Waals surface area contributed by atoms with Gasteiger partial charge in [0.05, 0.1) is 18.2 Å². The van der Waals surface area contributed by atoms with Crippen LogP contribution in [0.1, 0.15) is 39.0 Å². The fourth-order valence-corrected chi connectivity index (χ4v) is 3.26. The van der Waals surface area contributed by atoms with Crippen molar-refractivity contribution in [3.63, 3.8) is 0 Å². The van der Waals surface area contributed by atoms with Crippen molar-refractivity contribution in [3.8, 4) is 0 Å². The predicted molar refractivity (Wildman–Crippen MR) is 77.3 cm³/mol. The summed E-state index contributed by atoms with van der Waals surface area (Å²) in [4.78, 5) is 2.34. The van der Waals surface area contributed by atoms with Crippen molar-refractivity contribution in [2.75, 3.05) is 39.9 Å². The Morgan fingerprint density at radius 1 is 1.37 bits per heavy atom. The normalized spacial score (nSPS) is 26.8. The van der Waals surface area contributed by atoms with Gasteiger partial charge in [0.15, 0.2) is 0 Å². The SMILES string of the molecule is CCCNC(CO)(CN(C)CC1CCCO1)C1CC1. The second-order valence-electron chi connectivity index (χ2n) is 6.35. The van der Waals surface area contributed by atoms with Gasteiger partial charge in [-0.2, -0.15) is 0 Å². The lowest BCUT2D eigenvalue weighted by molar-refractivity contribution is 0.0533. The van der Waals surface area contributed by atoms with Gasteiger partial charge in [-0.1, -0.05) is 6.92 Å². The van der Waals surface area contributed by atoms with E-state index < -0.39 is 0 Å². The van der Waals surface area contributed by atoms with E-state index in [1.807, 2.05) is 0 Å². The number of nitrogens with one attached hydrogen (secondary N) is 1. The fraction of sp³-hybridized carbons (Fsp3) is 1.00. The first-order valence-corrected chi connectivity index (χ1v) is 7.86. The summed E-state index contributed by atoms with van der Waals surface area (Å²) in [5.74, 6) is 0.649. The first-order valence-electron chi connectivity index (χ1n) is 7.86. The zero-order valence-corrected chi connectivity index (χ0v) is 12.5. The summed E-state index contributed by atoms with van der Waals surface area (Å²) in [5, 5.41) is 13.5. The van der Waals surface area contributed by atoms with E-state index >= 15 is 0 Å². The van der Waals surface area contributed by atoms with Crippen LogP contribution in [-0.4, -0.2) is 61.5 Å². The Balaban J connectivity index is 1.86. The minimum atomic E-state index is -0.0939. The van der Waals surface area contributed by atoms with E-state index in [1.165, 1.54) is 25.7 Å². The lowest BCUT2D eigenvalue weighted by atomic mass is 9.93. The standard InChI is InChI=1S/C15H30N2O2/c1-3-8-16-15(12-18,13-6-7-13)11-17(2)10-14-5-4-9-19-14/h13-14,16,18H,3-12H2,1-2H3. The van der Waals surface area contributed by atoms with Crippen LogP contribution in [0.25, 0.3) is 0 Å². The molecular weight excluding hydrogens is 240 g/mol. The van der Waals surface area contributed by atoms with Gasteiger partial charge in [-0.25, -0.2) is 0 Å². The molecule has 1 heterocycles. The van der Waals surface area contributed by atoms with E-state index in [9.17, 15) is 5.11 Å². The van der Waals surface area contributed by atoms with Crippen molar-refractivity contribution in [2.45, 2.75) is 50.7 Å². The molecule has 4 nitrogen and oxygen atoms in total. The molecule has 2 N–H and O–H groups in total. The average molecular weight is 270 g/mol. The number of rotatable bonds is 9. The summed E-state index contributed by atoms with van der Waals surface area (Å²) in [6.45, 7) is 6.24. The second-order valence-corrected chi connectivity index (χ2v) is 6.35. The average Bonchev–Trinajstić information content (AvgIpc) is 3.14. The van der Waals surface area contributed by atoms with Gasteiger partial charge in [0.1, 0.15) is 0 Å². The number of ether oxygens (including phenoxy) is 1. The monoisotopic (exact) mass is 270 g/mol. The summed E-state index contributed by atoms with van der Waals surface area (Å²) in [7, 11) is 2.15. The summed E-state index contributed by atoms with van der Waals surface area (Å²) in [6, 6.07) is 0. The van der Waals surface area contributed by atoms with Crippen LogP contribution in [0.5, 0.6) is 0 Å².